The molecule has 2 heterocycles. The molecule has 1 aliphatic heterocycles. The summed E-state index contributed by atoms with van der Waals surface area (Å²) in [5.74, 6) is -0.249. The smallest absolute Gasteiger partial charge is 0.351 e. The number of hydrogen-bond acceptors (Lipinski definition) is 15. The SMILES string of the molecule is Nc1nc(=O)n([C@H]2C[C@H](O)[C@@H](COP(=O)([O-])OP(=O)([O-])OP(=O)([O-])[O-])O2)cc1Cl. The van der Waals surface area contributed by atoms with Crippen LogP contribution in [-0.2, 0) is 31.6 Å². The molecule has 1 aromatic rings. The van der Waals surface area contributed by atoms with E-state index in [1.807, 2.05) is 0 Å². The van der Waals surface area contributed by atoms with Gasteiger partial charge in [0.05, 0.1) is 25.6 Å². The van der Waals surface area contributed by atoms with Crippen LogP contribution in [0.25, 0.3) is 0 Å². The highest BCUT2D eigenvalue weighted by molar-refractivity contribution is 7.64. The van der Waals surface area contributed by atoms with Crippen molar-refractivity contribution in [1.29, 1.82) is 0 Å². The van der Waals surface area contributed by atoms with Gasteiger partial charge in [-0.1, -0.05) is 11.6 Å². The molecular formula is C9H11ClN3O13P3-4. The Hall–Kier alpha value is -0.700. The largest absolute Gasteiger partial charge is 0.790 e. The van der Waals surface area contributed by atoms with E-state index in [-0.39, 0.29) is 17.3 Å². The molecule has 1 fully saturated rings. The first-order valence-corrected chi connectivity index (χ1v) is 11.9. The number of anilines is 1. The van der Waals surface area contributed by atoms with E-state index in [0.717, 1.165) is 10.8 Å². The molecule has 20 heteroatoms. The Morgan fingerprint density at radius 1 is 1.28 bits per heavy atom. The van der Waals surface area contributed by atoms with Crippen LogP contribution in [0.4, 0.5) is 5.82 Å². The van der Waals surface area contributed by atoms with Gasteiger partial charge >= 0.3 is 5.69 Å². The molecule has 0 amide bonds. The molecular weight excluding hydrogens is 486 g/mol. The van der Waals surface area contributed by atoms with Crippen LogP contribution in [0.15, 0.2) is 11.0 Å². The molecule has 0 aromatic carbocycles. The number of aliphatic hydroxyl groups is 1. The molecule has 166 valence electrons. The number of rotatable bonds is 8. The van der Waals surface area contributed by atoms with Crippen LogP contribution in [0, 0.1) is 0 Å². The van der Waals surface area contributed by atoms with E-state index >= 15 is 0 Å². The molecule has 0 bridgehead atoms. The number of aliphatic hydroxyl groups excluding tert-OH is 1. The van der Waals surface area contributed by atoms with Crippen molar-refractivity contribution in [3.8, 4) is 0 Å². The molecule has 0 saturated carbocycles. The number of halogens is 1. The van der Waals surface area contributed by atoms with Crippen LogP contribution in [0.2, 0.25) is 5.02 Å². The first kappa shape index (κ1) is 24.6. The zero-order valence-corrected chi connectivity index (χ0v) is 17.2. The number of ether oxygens (including phenoxy) is 1. The molecule has 1 aliphatic rings. The summed E-state index contributed by atoms with van der Waals surface area (Å²) in [4.78, 5) is 58.3. The molecule has 5 atom stereocenters. The highest BCUT2D eigenvalue weighted by atomic mass is 35.5. The molecule has 0 radical (unpaired) electrons. The van der Waals surface area contributed by atoms with E-state index in [9.17, 15) is 43.2 Å². The van der Waals surface area contributed by atoms with E-state index in [1.165, 1.54) is 0 Å². The molecule has 0 spiro atoms. The second kappa shape index (κ2) is 8.81. The molecule has 2 rings (SSSR count). The Morgan fingerprint density at radius 2 is 1.90 bits per heavy atom. The molecule has 1 aromatic heterocycles. The highest BCUT2D eigenvalue weighted by Gasteiger charge is 2.37. The number of nitrogens with two attached hydrogens (primary N) is 1. The Balaban J connectivity index is 2.02. The van der Waals surface area contributed by atoms with Crippen molar-refractivity contribution < 1.29 is 56.3 Å². The van der Waals surface area contributed by atoms with Crippen LogP contribution in [-0.4, -0.2) is 33.5 Å². The van der Waals surface area contributed by atoms with Crippen LogP contribution in [0.5, 0.6) is 0 Å². The lowest BCUT2D eigenvalue weighted by atomic mass is 10.2. The van der Waals surface area contributed by atoms with Gasteiger partial charge in [-0.2, -0.15) is 4.98 Å². The second-order valence-electron chi connectivity index (χ2n) is 5.40. The summed E-state index contributed by atoms with van der Waals surface area (Å²) in [6.45, 7) is -1.00. The first-order chi connectivity index (χ1) is 13.1. The third kappa shape index (κ3) is 7.19. The Kier molecular flexibility index (Phi) is 7.46. The Morgan fingerprint density at radius 3 is 2.48 bits per heavy atom. The fourth-order valence-corrected chi connectivity index (χ4v) is 5.16. The van der Waals surface area contributed by atoms with Crippen LogP contribution in [0.3, 0.4) is 0 Å². The average Bonchev–Trinajstić information content (AvgIpc) is 2.86. The Labute approximate surface area is 166 Å². The third-order valence-electron chi connectivity index (χ3n) is 3.25. The lowest BCUT2D eigenvalue weighted by molar-refractivity contribution is -0.339. The quantitative estimate of drug-likeness (QED) is 0.337. The summed E-state index contributed by atoms with van der Waals surface area (Å²) in [6.07, 6.45) is -3.10. The normalized spacial score (nSPS) is 26.8. The van der Waals surface area contributed by atoms with E-state index in [2.05, 4.69) is 18.1 Å². The van der Waals surface area contributed by atoms with E-state index in [4.69, 9.17) is 22.1 Å². The van der Waals surface area contributed by atoms with Gasteiger partial charge in [0.25, 0.3) is 15.6 Å². The van der Waals surface area contributed by atoms with Gasteiger partial charge in [0.15, 0.2) is 0 Å². The summed E-state index contributed by atoms with van der Waals surface area (Å²) in [5, 5.41) is 9.83. The molecule has 0 aliphatic carbocycles. The summed E-state index contributed by atoms with van der Waals surface area (Å²) in [5.41, 5.74) is 4.48. The number of phosphoric ester groups is 1. The van der Waals surface area contributed by atoms with Crippen molar-refractivity contribution in [3.05, 3.63) is 21.7 Å². The number of hydrogen-bond donors (Lipinski definition) is 2. The number of nitrogens with zero attached hydrogens (tertiary/aromatic N) is 2. The summed E-state index contributed by atoms with van der Waals surface area (Å²) < 4.78 is 49.5. The number of nitrogen functional groups attached to an aromatic ring is 1. The maximum atomic E-state index is 11.8. The fraction of sp³-hybridized carbons (Fsp3) is 0.556. The van der Waals surface area contributed by atoms with Gasteiger partial charge in [0, 0.05) is 12.6 Å². The molecule has 29 heavy (non-hydrogen) atoms. The molecule has 2 unspecified atom stereocenters. The predicted molar refractivity (Wildman–Crippen MR) is 83.4 cm³/mol. The minimum atomic E-state index is -6.12. The summed E-state index contributed by atoms with van der Waals surface area (Å²) >= 11 is 5.75. The summed E-state index contributed by atoms with van der Waals surface area (Å²) in [6, 6.07) is 0. The van der Waals surface area contributed by atoms with Crippen molar-refractivity contribution in [3.63, 3.8) is 0 Å². The van der Waals surface area contributed by atoms with Crippen LogP contribution in [0.1, 0.15) is 12.6 Å². The monoisotopic (exact) mass is 497 g/mol. The minimum absolute atomic E-state index is 0.0971. The van der Waals surface area contributed by atoms with Crippen LogP contribution < -0.4 is 31.0 Å². The average molecular weight is 498 g/mol. The van der Waals surface area contributed by atoms with Gasteiger partial charge < -0.3 is 44.2 Å². The topological polar surface area (TPSA) is 262 Å². The fourth-order valence-electron chi connectivity index (χ4n) is 2.15. The first-order valence-electron chi connectivity index (χ1n) is 7.17. The van der Waals surface area contributed by atoms with Gasteiger partial charge in [-0.15, -0.1) is 0 Å². The van der Waals surface area contributed by atoms with E-state index in [1.54, 1.807) is 0 Å². The zero-order valence-electron chi connectivity index (χ0n) is 13.8. The maximum absolute atomic E-state index is 11.8. The number of aromatic nitrogens is 2. The van der Waals surface area contributed by atoms with Crippen molar-refractivity contribution in [2.75, 3.05) is 12.3 Å². The van der Waals surface area contributed by atoms with Gasteiger partial charge in [0.2, 0.25) is 0 Å². The van der Waals surface area contributed by atoms with Crippen molar-refractivity contribution in [1.82, 2.24) is 9.55 Å². The van der Waals surface area contributed by atoms with Crippen molar-refractivity contribution >= 4 is 40.9 Å². The second-order valence-corrected chi connectivity index (χ2v) is 10.1. The van der Waals surface area contributed by atoms with Gasteiger partial charge in [-0.05, 0) is 0 Å². The van der Waals surface area contributed by atoms with Gasteiger partial charge in [-0.3, -0.25) is 18.0 Å². The van der Waals surface area contributed by atoms with Gasteiger partial charge in [-0.25, -0.2) is 9.11 Å². The van der Waals surface area contributed by atoms with Crippen molar-refractivity contribution in [2.24, 2.45) is 0 Å². The molecule has 16 nitrogen and oxygen atoms in total. The third-order valence-corrected chi connectivity index (χ3v) is 7.20. The number of phosphoric acid groups is 3. The molecule has 3 N–H and O–H groups in total. The van der Waals surface area contributed by atoms with E-state index in [0.29, 0.717) is 0 Å². The Bertz CT molecular complexity index is 965. The van der Waals surface area contributed by atoms with Crippen LogP contribution >= 0.6 is 35.1 Å². The minimum Gasteiger partial charge on any atom is -0.790 e. The van der Waals surface area contributed by atoms with Gasteiger partial charge in [0.1, 0.15) is 18.1 Å². The molecule has 1 saturated heterocycles. The zero-order chi connectivity index (χ0) is 22.2. The van der Waals surface area contributed by atoms with E-state index < -0.39 is 54.2 Å². The van der Waals surface area contributed by atoms with Crippen molar-refractivity contribution in [2.45, 2.75) is 24.9 Å². The summed E-state index contributed by atoms with van der Waals surface area (Å²) in [7, 11) is -18.0. The predicted octanol–water partition coefficient (Wildman–Crippen LogP) is -3.06. The highest BCUT2D eigenvalue weighted by Crippen LogP contribution is 2.60. The lowest BCUT2D eigenvalue weighted by Gasteiger charge is -2.37. The standard InChI is InChI=1S/C9H15ClN3O13P3/c10-4-2-13(9(15)12-8(4)11)7-1-5(14)6(24-7)3-23-28(19,20)26-29(21,22)25-27(16,17)18/h2,5-7,14H,1,3H2,(H,19,20)(H,21,22)(H2,11,12,15)(H2,16,17,18)/p-4/t5-,6+,7+/m0/s1. The maximum Gasteiger partial charge on any atom is 0.351 e. The lowest BCUT2D eigenvalue weighted by Crippen LogP contribution is -2.29.